The molecule has 0 saturated heterocycles. The average molecular weight is 284 g/mol. The van der Waals surface area contributed by atoms with E-state index in [9.17, 15) is 9.90 Å². The van der Waals surface area contributed by atoms with Crippen LogP contribution in [-0.4, -0.2) is 11.1 Å². The largest absolute Gasteiger partial charge is 0.507 e. The van der Waals surface area contributed by atoms with Crippen LogP contribution in [-0.2, 0) is 0 Å². The Labute approximate surface area is 125 Å². The summed E-state index contributed by atoms with van der Waals surface area (Å²) in [4.78, 5) is 12.4. The van der Waals surface area contributed by atoms with Crippen LogP contribution in [0.25, 0.3) is 0 Å². The van der Waals surface area contributed by atoms with Crippen LogP contribution in [0.2, 0.25) is 0 Å². The van der Waals surface area contributed by atoms with E-state index in [-0.39, 0.29) is 11.3 Å². The van der Waals surface area contributed by atoms with Gasteiger partial charge in [0.05, 0.1) is 0 Å². The van der Waals surface area contributed by atoms with Gasteiger partial charge in [0.1, 0.15) is 17.1 Å². The first kappa shape index (κ1) is 15.1. The summed E-state index contributed by atoms with van der Waals surface area (Å²) in [7, 11) is 0. The van der Waals surface area contributed by atoms with Crippen molar-refractivity contribution in [2.75, 3.05) is 0 Å². The smallest absolute Gasteiger partial charge is 0.347 e. The van der Waals surface area contributed by atoms with Crippen LogP contribution >= 0.6 is 0 Å². The van der Waals surface area contributed by atoms with Crippen LogP contribution in [0, 0.1) is 34.6 Å². The highest BCUT2D eigenvalue weighted by Crippen LogP contribution is 2.28. The molecule has 0 saturated carbocycles. The maximum atomic E-state index is 12.4. The maximum Gasteiger partial charge on any atom is 0.347 e. The van der Waals surface area contributed by atoms with Crippen LogP contribution in [0.1, 0.15) is 38.2 Å². The molecule has 0 atom stereocenters. The molecule has 0 aromatic heterocycles. The molecule has 0 unspecified atom stereocenters. The third-order valence-corrected chi connectivity index (χ3v) is 3.46. The number of esters is 1. The standard InChI is InChI=1S/C18H20O3/c1-10-7-13(4)17(14(5)8-10)21-18(20)16-12(3)6-11(2)9-15(16)19/h6-9,19H,1-5H3. The summed E-state index contributed by atoms with van der Waals surface area (Å²) in [6.07, 6.45) is 0. The van der Waals surface area contributed by atoms with E-state index in [4.69, 9.17) is 4.74 Å². The highest BCUT2D eigenvalue weighted by molar-refractivity contribution is 5.95. The maximum absolute atomic E-state index is 12.4. The predicted octanol–water partition coefficient (Wildman–Crippen LogP) is 4.15. The molecule has 2 aromatic carbocycles. The SMILES string of the molecule is Cc1cc(C)c(OC(=O)c2c(C)cc(C)cc2O)c(C)c1. The zero-order valence-corrected chi connectivity index (χ0v) is 13.1. The Hall–Kier alpha value is -2.29. The average Bonchev–Trinajstić information content (AvgIpc) is 2.32. The molecule has 0 radical (unpaired) electrons. The van der Waals surface area contributed by atoms with Gasteiger partial charge in [-0.1, -0.05) is 23.8 Å². The zero-order valence-electron chi connectivity index (χ0n) is 13.1. The van der Waals surface area contributed by atoms with Crippen LogP contribution in [0.5, 0.6) is 11.5 Å². The first-order chi connectivity index (χ1) is 9.79. The Balaban J connectivity index is 2.40. The molecule has 0 aliphatic heterocycles. The summed E-state index contributed by atoms with van der Waals surface area (Å²) < 4.78 is 5.52. The van der Waals surface area contributed by atoms with Crippen molar-refractivity contribution in [3.8, 4) is 11.5 Å². The number of phenols is 1. The summed E-state index contributed by atoms with van der Waals surface area (Å²) >= 11 is 0. The minimum atomic E-state index is -0.528. The lowest BCUT2D eigenvalue weighted by atomic mass is 10.0. The number of phenolic OH excluding ortho intramolecular Hbond substituents is 1. The van der Waals surface area contributed by atoms with E-state index < -0.39 is 5.97 Å². The summed E-state index contributed by atoms with van der Waals surface area (Å²) in [5, 5.41) is 10.0. The monoisotopic (exact) mass is 284 g/mol. The third kappa shape index (κ3) is 3.07. The number of aromatic hydroxyl groups is 1. The number of rotatable bonds is 2. The topological polar surface area (TPSA) is 46.5 Å². The number of hydrogen-bond acceptors (Lipinski definition) is 3. The molecule has 0 fully saturated rings. The van der Waals surface area contributed by atoms with E-state index in [1.54, 1.807) is 13.0 Å². The van der Waals surface area contributed by atoms with Gasteiger partial charge in [-0.2, -0.15) is 0 Å². The van der Waals surface area contributed by atoms with E-state index in [1.165, 1.54) is 0 Å². The summed E-state index contributed by atoms with van der Waals surface area (Å²) in [6, 6.07) is 7.36. The van der Waals surface area contributed by atoms with Crippen LogP contribution in [0.15, 0.2) is 24.3 Å². The van der Waals surface area contributed by atoms with Gasteiger partial charge in [0, 0.05) is 0 Å². The molecule has 3 heteroatoms. The second kappa shape index (κ2) is 5.60. The molecule has 110 valence electrons. The number of aryl methyl sites for hydroxylation is 5. The summed E-state index contributed by atoms with van der Waals surface area (Å²) in [5.74, 6) is -0.00931. The first-order valence-corrected chi connectivity index (χ1v) is 6.90. The van der Waals surface area contributed by atoms with Crippen molar-refractivity contribution in [3.63, 3.8) is 0 Å². The van der Waals surface area contributed by atoms with Crippen LogP contribution in [0.3, 0.4) is 0 Å². The van der Waals surface area contributed by atoms with Gasteiger partial charge in [-0.3, -0.25) is 0 Å². The van der Waals surface area contributed by atoms with Gasteiger partial charge in [-0.15, -0.1) is 0 Å². The van der Waals surface area contributed by atoms with Crippen molar-refractivity contribution in [3.05, 3.63) is 57.6 Å². The molecular formula is C18H20O3. The molecule has 21 heavy (non-hydrogen) atoms. The molecule has 0 spiro atoms. The van der Waals surface area contributed by atoms with Gasteiger partial charge in [-0.05, 0) is 62.9 Å². The van der Waals surface area contributed by atoms with E-state index >= 15 is 0 Å². The predicted molar refractivity (Wildman–Crippen MR) is 83.2 cm³/mol. The van der Waals surface area contributed by atoms with Gasteiger partial charge < -0.3 is 9.84 Å². The van der Waals surface area contributed by atoms with E-state index in [0.29, 0.717) is 11.3 Å². The van der Waals surface area contributed by atoms with Crippen LogP contribution < -0.4 is 4.74 Å². The van der Waals surface area contributed by atoms with Crippen molar-refractivity contribution >= 4 is 5.97 Å². The van der Waals surface area contributed by atoms with Gasteiger partial charge in [0.25, 0.3) is 0 Å². The van der Waals surface area contributed by atoms with Crippen LogP contribution in [0.4, 0.5) is 0 Å². The lowest BCUT2D eigenvalue weighted by Crippen LogP contribution is -2.12. The normalized spacial score (nSPS) is 10.5. The second-order valence-corrected chi connectivity index (χ2v) is 5.59. The number of carbonyl (C=O) groups is 1. The van der Waals surface area contributed by atoms with Gasteiger partial charge in [0.2, 0.25) is 0 Å². The second-order valence-electron chi connectivity index (χ2n) is 5.59. The van der Waals surface area contributed by atoms with Crippen molar-refractivity contribution in [2.45, 2.75) is 34.6 Å². The number of hydrogen-bond donors (Lipinski definition) is 1. The fourth-order valence-electron chi connectivity index (χ4n) is 2.68. The van der Waals surface area contributed by atoms with Crippen molar-refractivity contribution < 1.29 is 14.6 Å². The summed E-state index contributed by atoms with van der Waals surface area (Å²) in [6.45, 7) is 9.48. The van der Waals surface area contributed by atoms with Crippen molar-refractivity contribution in [2.24, 2.45) is 0 Å². The Bertz CT molecular complexity index is 668. The highest BCUT2D eigenvalue weighted by atomic mass is 16.5. The number of ether oxygens (including phenoxy) is 1. The van der Waals surface area contributed by atoms with Crippen molar-refractivity contribution in [1.29, 1.82) is 0 Å². The molecule has 0 heterocycles. The Morgan fingerprint density at radius 3 is 1.86 bits per heavy atom. The molecular weight excluding hydrogens is 264 g/mol. The fourth-order valence-corrected chi connectivity index (χ4v) is 2.68. The third-order valence-electron chi connectivity index (χ3n) is 3.46. The van der Waals surface area contributed by atoms with Crippen molar-refractivity contribution in [1.82, 2.24) is 0 Å². The Kier molecular flexibility index (Phi) is 4.03. The van der Waals surface area contributed by atoms with Gasteiger partial charge >= 0.3 is 5.97 Å². The molecule has 0 bridgehead atoms. The molecule has 0 aliphatic carbocycles. The minimum absolute atomic E-state index is 0.0417. The Morgan fingerprint density at radius 1 is 0.857 bits per heavy atom. The highest BCUT2D eigenvalue weighted by Gasteiger charge is 2.19. The molecule has 3 nitrogen and oxygen atoms in total. The van der Waals surface area contributed by atoms with Gasteiger partial charge in [-0.25, -0.2) is 4.79 Å². The minimum Gasteiger partial charge on any atom is -0.507 e. The molecule has 0 aliphatic rings. The molecule has 2 rings (SSSR count). The zero-order chi connectivity index (χ0) is 15.7. The number of carbonyl (C=O) groups excluding carboxylic acids is 1. The molecule has 2 aromatic rings. The molecule has 1 N–H and O–H groups in total. The van der Waals surface area contributed by atoms with Gasteiger partial charge in [0.15, 0.2) is 0 Å². The van der Waals surface area contributed by atoms with E-state index in [2.05, 4.69) is 0 Å². The fraction of sp³-hybridized carbons (Fsp3) is 0.278. The quantitative estimate of drug-likeness (QED) is 0.665. The van der Waals surface area contributed by atoms with E-state index in [0.717, 1.165) is 22.3 Å². The lowest BCUT2D eigenvalue weighted by Gasteiger charge is -2.13. The van der Waals surface area contributed by atoms with E-state index in [1.807, 2.05) is 45.9 Å². The Morgan fingerprint density at radius 2 is 1.33 bits per heavy atom. The summed E-state index contributed by atoms with van der Waals surface area (Å²) in [5.41, 5.74) is 4.78. The molecule has 0 amide bonds. The lowest BCUT2D eigenvalue weighted by molar-refractivity contribution is 0.0728. The number of benzene rings is 2. The first-order valence-electron chi connectivity index (χ1n) is 6.90.